The molecule has 86 valence electrons. The number of aromatic nitrogens is 4. The van der Waals surface area contributed by atoms with E-state index in [0.717, 1.165) is 29.1 Å². The molecule has 0 aromatic carbocycles. The fourth-order valence-electron chi connectivity index (χ4n) is 1.78. The van der Waals surface area contributed by atoms with E-state index >= 15 is 0 Å². The molecular weight excluding hydrogens is 214 g/mol. The van der Waals surface area contributed by atoms with Gasteiger partial charge in [-0.15, -0.1) is 0 Å². The van der Waals surface area contributed by atoms with E-state index in [1.54, 1.807) is 18.6 Å². The molecule has 2 heterocycles. The first-order valence-corrected chi connectivity index (χ1v) is 5.56. The third-order valence-electron chi connectivity index (χ3n) is 2.60. The first-order chi connectivity index (χ1) is 8.36. The summed E-state index contributed by atoms with van der Waals surface area (Å²) in [5.41, 5.74) is 3.71. The lowest BCUT2D eigenvalue weighted by Gasteiger charge is -2.01. The molecule has 0 aliphatic rings. The maximum Gasteiger partial charge on any atom is 0.116 e. The molecule has 5 nitrogen and oxygen atoms in total. The number of nitriles is 1. The van der Waals surface area contributed by atoms with Crippen molar-refractivity contribution < 1.29 is 0 Å². The Balaban J connectivity index is 2.41. The number of nitrogens with zero attached hydrogens (tertiary/aromatic N) is 4. The first kappa shape index (κ1) is 11.3. The van der Waals surface area contributed by atoms with Crippen LogP contribution < -0.4 is 0 Å². The van der Waals surface area contributed by atoms with E-state index in [1.807, 2.05) is 0 Å². The molecule has 2 aromatic heterocycles. The predicted molar refractivity (Wildman–Crippen MR) is 62.9 cm³/mol. The predicted octanol–water partition coefficient (Wildman–Crippen LogP) is 1.89. The molecule has 0 fully saturated rings. The third-order valence-corrected chi connectivity index (χ3v) is 2.60. The number of aryl methyl sites for hydroxylation is 1. The normalized spacial score (nSPS) is 10.1. The van der Waals surface area contributed by atoms with Crippen LogP contribution in [0.1, 0.15) is 24.6 Å². The summed E-state index contributed by atoms with van der Waals surface area (Å²) in [5, 5.41) is 16.0. The Hall–Kier alpha value is -2.22. The van der Waals surface area contributed by atoms with Crippen LogP contribution in [0, 0.1) is 11.3 Å². The van der Waals surface area contributed by atoms with E-state index in [-0.39, 0.29) is 0 Å². The highest BCUT2D eigenvalue weighted by Crippen LogP contribution is 2.22. The van der Waals surface area contributed by atoms with Crippen molar-refractivity contribution in [1.82, 2.24) is 20.2 Å². The largest absolute Gasteiger partial charge is 0.282 e. The smallest absolute Gasteiger partial charge is 0.116 e. The molecule has 0 saturated carbocycles. The minimum Gasteiger partial charge on any atom is -0.282 e. The fraction of sp³-hybridized carbons (Fsp3) is 0.333. The maximum atomic E-state index is 8.68. The van der Waals surface area contributed by atoms with Crippen LogP contribution in [0.15, 0.2) is 18.6 Å². The minimum absolute atomic E-state index is 0.486. The molecule has 0 radical (unpaired) electrons. The van der Waals surface area contributed by atoms with Crippen LogP contribution in [0.5, 0.6) is 0 Å². The van der Waals surface area contributed by atoms with Gasteiger partial charge < -0.3 is 0 Å². The van der Waals surface area contributed by atoms with Gasteiger partial charge in [0.2, 0.25) is 0 Å². The third kappa shape index (κ3) is 2.31. The molecule has 0 atom stereocenters. The Kier molecular flexibility index (Phi) is 3.46. The van der Waals surface area contributed by atoms with Crippen LogP contribution in [0.2, 0.25) is 0 Å². The summed E-state index contributed by atoms with van der Waals surface area (Å²) in [4.78, 5) is 8.27. The highest BCUT2D eigenvalue weighted by Gasteiger charge is 2.14. The molecule has 0 aliphatic heterocycles. The van der Waals surface area contributed by atoms with Crippen LogP contribution in [0.25, 0.3) is 11.4 Å². The summed E-state index contributed by atoms with van der Waals surface area (Å²) in [7, 11) is 0. The molecule has 2 aromatic rings. The molecule has 0 bridgehead atoms. The Bertz CT molecular complexity index is 524. The second-order valence-corrected chi connectivity index (χ2v) is 3.63. The van der Waals surface area contributed by atoms with Gasteiger partial charge in [-0.1, -0.05) is 6.92 Å². The number of rotatable bonds is 4. The molecule has 1 N–H and O–H groups in total. The van der Waals surface area contributed by atoms with Crippen molar-refractivity contribution in [1.29, 1.82) is 5.26 Å². The molecule has 17 heavy (non-hydrogen) atoms. The number of H-pyrrole nitrogens is 1. The van der Waals surface area contributed by atoms with E-state index < -0.39 is 0 Å². The zero-order valence-electron chi connectivity index (χ0n) is 9.64. The highest BCUT2D eigenvalue weighted by molar-refractivity contribution is 5.59. The Morgan fingerprint density at radius 1 is 1.41 bits per heavy atom. The quantitative estimate of drug-likeness (QED) is 0.865. The van der Waals surface area contributed by atoms with Gasteiger partial charge in [0.05, 0.1) is 12.3 Å². The van der Waals surface area contributed by atoms with Gasteiger partial charge in [0, 0.05) is 30.1 Å². The van der Waals surface area contributed by atoms with Gasteiger partial charge in [-0.25, -0.2) is 0 Å². The SMILES string of the molecule is CCc1[nH]nc(-c2cnccn2)c1CCC#N. The van der Waals surface area contributed by atoms with E-state index in [0.29, 0.717) is 12.8 Å². The molecule has 0 aliphatic carbocycles. The number of hydrogen-bond donors (Lipinski definition) is 1. The topological polar surface area (TPSA) is 78.2 Å². The molecule has 2 rings (SSSR count). The van der Waals surface area contributed by atoms with Crippen molar-refractivity contribution in [3.8, 4) is 17.5 Å². The van der Waals surface area contributed by atoms with Crippen LogP contribution in [-0.4, -0.2) is 20.2 Å². The van der Waals surface area contributed by atoms with Crippen molar-refractivity contribution >= 4 is 0 Å². The van der Waals surface area contributed by atoms with E-state index in [4.69, 9.17) is 5.26 Å². The Morgan fingerprint density at radius 2 is 2.29 bits per heavy atom. The number of nitrogens with one attached hydrogen (secondary N) is 1. The van der Waals surface area contributed by atoms with Gasteiger partial charge >= 0.3 is 0 Å². The van der Waals surface area contributed by atoms with Crippen molar-refractivity contribution in [2.45, 2.75) is 26.2 Å². The second kappa shape index (κ2) is 5.21. The summed E-state index contributed by atoms with van der Waals surface area (Å²) in [6.07, 6.45) is 7.01. The van der Waals surface area contributed by atoms with E-state index in [2.05, 4.69) is 33.2 Å². The van der Waals surface area contributed by atoms with Crippen LogP contribution in [-0.2, 0) is 12.8 Å². The van der Waals surface area contributed by atoms with Gasteiger partial charge in [0.15, 0.2) is 0 Å². The van der Waals surface area contributed by atoms with Gasteiger partial charge in [-0.3, -0.25) is 15.1 Å². The average Bonchev–Trinajstić information content (AvgIpc) is 2.80. The van der Waals surface area contributed by atoms with Crippen molar-refractivity contribution in [3.05, 3.63) is 29.8 Å². The molecular formula is C12H13N5. The lowest BCUT2D eigenvalue weighted by atomic mass is 10.0. The summed E-state index contributed by atoms with van der Waals surface area (Å²) in [5.74, 6) is 0. The monoisotopic (exact) mass is 227 g/mol. The van der Waals surface area contributed by atoms with Gasteiger partial charge in [0.1, 0.15) is 11.4 Å². The number of hydrogen-bond acceptors (Lipinski definition) is 4. The van der Waals surface area contributed by atoms with Gasteiger partial charge in [-0.05, 0) is 12.8 Å². The molecule has 5 heteroatoms. The zero-order valence-corrected chi connectivity index (χ0v) is 9.64. The standard InChI is InChI=1S/C12H13N5/c1-2-10-9(4-3-5-13)12(17-16-10)11-8-14-6-7-15-11/h6-8H,2-4H2,1H3,(H,16,17). The first-order valence-electron chi connectivity index (χ1n) is 5.56. The van der Waals surface area contributed by atoms with Crippen LogP contribution in [0.3, 0.4) is 0 Å². The Morgan fingerprint density at radius 3 is 2.94 bits per heavy atom. The lowest BCUT2D eigenvalue weighted by molar-refractivity contribution is 0.936. The summed E-state index contributed by atoms with van der Waals surface area (Å²) in [6, 6.07) is 2.16. The zero-order chi connectivity index (χ0) is 12.1. The molecule has 0 unspecified atom stereocenters. The highest BCUT2D eigenvalue weighted by atomic mass is 15.1. The Labute approximate surface area is 99.5 Å². The lowest BCUT2D eigenvalue weighted by Crippen LogP contribution is -1.93. The van der Waals surface area contributed by atoms with Gasteiger partial charge in [-0.2, -0.15) is 10.4 Å². The second-order valence-electron chi connectivity index (χ2n) is 3.63. The van der Waals surface area contributed by atoms with Crippen LogP contribution in [0.4, 0.5) is 0 Å². The van der Waals surface area contributed by atoms with Crippen molar-refractivity contribution in [2.24, 2.45) is 0 Å². The molecule has 0 spiro atoms. The fourth-order valence-corrected chi connectivity index (χ4v) is 1.78. The van der Waals surface area contributed by atoms with E-state index in [9.17, 15) is 0 Å². The van der Waals surface area contributed by atoms with Crippen molar-refractivity contribution in [3.63, 3.8) is 0 Å². The molecule has 0 amide bonds. The summed E-state index contributed by atoms with van der Waals surface area (Å²) in [6.45, 7) is 2.06. The van der Waals surface area contributed by atoms with Crippen LogP contribution >= 0.6 is 0 Å². The number of aromatic amines is 1. The summed E-state index contributed by atoms with van der Waals surface area (Å²) >= 11 is 0. The van der Waals surface area contributed by atoms with Gasteiger partial charge in [0.25, 0.3) is 0 Å². The maximum absolute atomic E-state index is 8.68. The van der Waals surface area contributed by atoms with E-state index in [1.165, 1.54) is 0 Å². The van der Waals surface area contributed by atoms with Crippen molar-refractivity contribution in [2.75, 3.05) is 0 Å². The summed E-state index contributed by atoms with van der Waals surface area (Å²) < 4.78 is 0. The minimum atomic E-state index is 0.486. The average molecular weight is 227 g/mol. The molecule has 0 saturated heterocycles.